The number of fused-ring (bicyclic) bond motifs is 1. The number of nitrogens with zero attached hydrogens (tertiary/aromatic N) is 3. The first kappa shape index (κ1) is 16.3. The number of hydrogen-bond donors (Lipinski definition) is 0. The van der Waals surface area contributed by atoms with E-state index >= 15 is 0 Å². The minimum Gasteiger partial charge on any atom is -0.340 e. The molecule has 25 heavy (non-hydrogen) atoms. The van der Waals surface area contributed by atoms with E-state index in [1.807, 2.05) is 0 Å². The Morgan fingerprint density at radius 2 is 2.04 bits per heavy atom. The molecule has 1 amide bonds. The smallest absolute Gasteiger partial charge is 0.230 e. The van der Waals surface area contributed by atoms with Crippen LogP contribution in [0.2, 0.25) is 0 Å². The number of rotatable bonds is 3. The molecule has 1 aromatic heterocycles. The molecule has 1 aliphatic heterocycles. The van der Waals surface area contributed by atoms with Gasteiger partial charge in [-0.05, 0) is 36.3 Å². The number of carbonyl (C=O) groups is 1. The maximum atomic E-state index is 13.0. The van der Waals surface area contributed by atoms with Crippen LogP contribution in [0.5, 0.6) is 0 Å². The van der Waals surface area contributed by atoms with Crippen LogP contribution < -0.4 is 0 Å². The van der Waals surface area contributed by atoms with Gasteiger partial charge in [-0.15, -0.1) is 0 Å². The Bertz CT molecular complexity index is 749. The molecule has 132 valence electrons. The first-order valence-corrected chi connectivity index (χ1v) is 9.39. The van der Waals surface area contributed by atoms with E-state index < -0.39 is 0 Å². The summed E-state index contributed by atoms with van der Waals surface area (Å²) in [5.74, 6) is 1.68. The molecule has 1 atom stereocenters. The van der Waals surface area contributed by atoms with Gasteiger partial charge >= 0.3 is 0 Å². The lowest BCUT2D eigenvalue weighted by atomic mass is 9.77. The third-order valence-electron chi connectivity index (χ3n) is 5.63. The second-order valence-electron chi connectivity index (χ2n) is 7.29. The Labute approximate surface area is 148 Å². The number of benzene rings is 1. The quantitative estimate of drug-likeness (QED) is 0.857. The van der Waals surface area contributed by atoms with Crippen molar-refractivity contribution in [2.75, 3.05) is 6.54 Å². The highest BCUT2D eigenvalue weighted by Crippen LogP contribution is 2.42. The number of carbonyl (C=O) groups excluding carboxylic acids is 1. The monoisotopic (exact) mass is 339 g/mol. The van der Waals surface area contributed by atoms with E-state index in [9.17, 15) is 4.79 Å². The van der Waals surface area contributed by atoms with Crippen LogP contribution in [0.3, 0.4) is 0 Å². The van der Waals surface area contributed by atoms with E-state index in [2.05, 4.69) is 39.3 Å². The van der Waals surface area contributed by atoms with Gasteiger partial charge in [-0.25, -0.2) is 0 Å². The van der Waals surface area contributed by atoms with Crippen molar-refractivity contribution < 1.29 is 9.32 Å². The van der Waals surface area contributed by atoms with Crippen molar-refractivity contribution in [3.8, 4) is 0 Å². The topological polar surface area (TPSA) is 59.2 Å². The van der Waals surface area contributed by atoms with Crippen LogP contribution in [-0.2, 0) is 17.6 Å². The molecule has 5 heteroatoms. The molecule has 2 aromatic rings. The molecule has 4 rings (SSSR count). The summed E-state index contributed by atoms with van der Waals surface area (Å²) in [6.07, 6.45) is 7.44. The van der Waals surface area contributed by atoms with Crippen molar-refractivity contribution in [3.05, 3.63) is 47.1 Å². The molecule has 5 nitrogen and oxygen atoms in total. The highest BCUT2D eigenvalue weighted by molar-refractivity contribution is 5.79. The Balaban J connectivity index is 1.62. The average Bonchev–Trinajstić information content (AvgIpc) is 3.06. The number of hydrogen-bond acceptors (Lipinski definition) is 4. The minimum atomic E-state index is 0.117. The van der Waals surface area contributed by atoms with Gasteiger partial charge < -0.3 is 9.42 Å². The van der Waals surface area contributed by atoms with Crippen LogP contribution in [0.15, 0.2) is 28.8 Å². The molecule has 1 aliphatic carbocycles. The fourth-order valence-corrected chi connectivity index (χ4v) is 4.49. The highest BCUT2D eigenvalue weighted by Gasteiger charge is 2.36. The first-order chi connectivity index (χ1) is 12.2. The predicted octanol–water partition coefficient (Wildman–Crippen LogP) is 3.63. The standard InChI is InChI=1S/C20H25N3O2/c1-14-21-18(22-25-14)13-19(24)23-12-11-15-7-5-6-10-17(15)20(23)16-8-3-2-4-9-16/h5-7,10,16,20H,2-4,8-9,11-13H2,1H3. The van der Waals surface area contributed by atoms with Crippen molar-refractivity contribution in [2.45, 2.75) is 57.9 Å². The molecule has 1 aromatic carbocycles. The van der Waals surface area contributed by atoms with Gasteiger partial charge in [0, 0.05) is 13.5 Å². The summed E-state index contributed by atoms with van der Waals surface area (Å²) in [5.41, 5.74) is 2.75. The Morgan fingerprint density at radius 3 is 2.80 bits per heavy atom. The second-order valence-corrected chi connectivity index (χ2v) is 7.29. The van der Waals surface area contributed by atoms with Crippen LogP contribution in [0.4, 0.5) is 0 Å². The van der Waals surface area contributed by atoms with Gasteiger partial charge in [-0.3, -0.25) is 4.79 Å². The molecular weight excluding hydrogens is 314 g/mol. The van der Waals surface area contributed by atoms with Gasteiger partial charge in [0.05, 0.1) is 12.5 Å². The molecule has 2 heterocycles. The third kappa shape index (κ3) is 3.32. The summed E-state index contributed by atoms with van der Waals surface area (Å²) in [7, 11) is 0. The molecule has 0 bridgehead atoms. The van der Waals surface area contributed by atoms with Gasteiger partial charge in [0.2, 0.25) is 11.8 Å². The van der Waals surface area contributed by atoms with Crippen LogP contribution in [0.1, 0.15) is 61.0 Å². The molecule has 1 saturated carbocycles. The summed E-state index contributed by atoms with van der Waals surface area (Å²) >= 11 is 0. The van der Waals surface area contributed by atoms with Crippen molar-refractivity contribution in [3.63, 3.8) is 0 Å². The number of aromatic nitrogens is 2. The van der Waals surface area contributed by atoms with Gasteiger partial charge in [0.25, 0.3) is 0 Å². The van der Waals surface area contributed by atoms with Crippen LogP contribution in [-0.4, -0.2) is 27.5 Å². The fourth-order valence-electron chi connectivity index (χ4n) is 4.49. The summed E-state index contributed by atoms with van der Waals surface area (Å²) < 4.78 is 5.02. The molecule has 0 N–H and O–H groups in total. The molecule has 0 radical (unpaired) electrons. The van der Waals surface area contributed by atoms with E-state index in [0.717, 1.165) is 13.0 Å². The second kappa shape index (κ2) is 6.98. The van der Waals surface area contributed by atoms with E-state index in [0.29, 0.717) is 17.6 Å². The summed E-state index contributed by atoms with van der Waals surface area (Å²) in [6.45, 7) is 2.54. The van der Waals surface area contributed by atoms with E-state index in [1.54, 1.807) is 6.92 Å². The SMILES string of the molecule is Cc1nc(CC(=O)N2CCc3ccccc3C2C2CCCCC2)no1. The lowest BCUT2D eigenvalue weighted by Gasteiger charge is -2.43. The van der Waals surface area contributed by atoms with Crippen molar-refractivity contribution in [1.82, 2.24) is 15.0 Å². The third-order valence-corrected chi connectivity index (χ3v) is 5.63. The lowest BCUT2D eigenvalue weighted by Crippen LogP contribution is -2.44. The average molecular weight is 339 g/mol. The maximum Gasteiger partial charge on any atom is 0.230 e. The van der Waals surface area contributed by atoms with Crippen molar-refractivity contribution in [2.24, 2.45) is 5.92 Å². The molecule has 1 unspecified atom stereocenters. The zero-order chi connectivity index (χ0) is 17.2. The Morgan fingerprint density at radius 1 is 1.24 bits per heavy atom. The number of amides is 1. The summed E-state index contributed by atoms with van der Waals surface area (Å²) in [4.78, 5) is 19.3. The zero-order valence-corrected chi connectivity index (χ0v) is 14.8. The fraction of sp³-hybridized carbons (Fsp3) is 0.550. The summed E-state index contributed by atoms with van der Waals surface area (Å²) in [5, 5.41) is 3.90. The largest absolute Gasteiger partial charge is 0.340 e. The van der Waals surface area contributed by atoms with Crippen molar-refractivity contribution in [1.29, 1.82) is 0 Å². The maximum absolute atomic E-state index is 13.0. The summed E-state index contributed by atoms with van der Waals surface area (Å²) in [6, 6.07) is 8.84. The number of aryl methyl sites for hydroxylation is 1. The normalized spacial score (nSPS) is 21.2. The molecular formula is C20H25N3O2. The van der Waals surface area contributed by atoms with Crippen LogP contribution in [0, 0.1) is 12.8 Å². The van der Waals surface area contributed by atoms with E-state index in [4.69, 9.17) is 4.52 Å². The van der Waals surface area contributed by atoms with E-state index in [-0.39, 0.29) is 18.4 Å². The molecule has 0 saturated heterocycles. The zero-order valence-electron chi connectivity index (χ0n) is 14.8. The highest BCUT2D eigenvalue weighted by atomic mass is 16.5. The van der Waals surface area contributed by atoms with Gasteiger partial charge in [-0.1, -0.05) is 48.7 Å². The van der Waals surface area contributed by atoms with Crippen LogP contribution >= 0.6 is 0 Å². The van der Waals surface area contributed by atoms with Crippen LogP contribution in [0.25, 0.3) is 0 Å². The first-order valence-electron chi connectivity index (χ1n) is 9.39. The molecule has 0 spiro atoms. The van der Waals surface area contributed by atoms with E-state index in [1.165, 1.54) is 43.2 Å². The Hall–Kier alpha value is -2.17. The van der Waals surface area contributed by atoms with Gasteiger partial charge in [0.1, 0.15) is 0 Å². The molecule has 1 fully saturated rings. The minimum absolute atomic E-state index is 0.117. The predicted molar refractivity (Wildman–Crippen MR) is 93.9 cm³/mol. The Kier molecular flexibility index (Phi) is 4.55. The van der Waals surface area contributed by atoms with Crippen molar-refractivity contribution >= 4 is 5.91 Å². The van der Waals surface area contributed by atoms with Gasteiger partial charge in [0.15, 0.2) is 5.82 Å². The molecule has 2 aliphatic rings. The van der Waals surface area contributed by atoms with Gasteiger partial charge in [-0.2, -0.15) is 4.98 Å². The lowest BCUT2D eigenvalue weighted by molar-refractivity contribution is -0.135.